The SMILES string of the molecule is CC(C)C(C(=O)O[C@@H]1O[C@H](C(=O)O)[C@@H](O)[C@H](O)[C@H]1O)c1ccc(Cl)cc1. The lowest BCUT2D eigenvalue weighted by Crippen LogP contribution is -2.60. The van der Waals surface area contributed by atoms with E-state index in [0.29, 0.717) is 10.6 Å². The molecule has 1 aromatic rings. The van der Waals surface area contributed by atoms with Crippen LogP contribution in [0.4, 0.5) is 0 Å². The second-order valence-corrected chi connectivity index (χ2v) is 6.88. The molecule has 1 fully saturated rings. The Labute approximate surface area is 154 Å². The van der Waals surface area contributed by atoms with Gasteiger partial charge in [-0.25, -0.2) is 4.79 Å². The zero-order valence-electron chi connectivity index (χ0n) is 14.2. The number of benzene rings is 1. The molecule has 0 spiro atoms. The van der Waals surface area contributed by atoms with Crippen LogP contribution >= 0.6 is 11.6 Å². The molecule has 1 aliphatic rings. The molecule has 144 valence electrons. The van der Waals surface area contributed by atoms with E-state index < -0.39 is 48.6 Å². The Morgan fingerprint density at radius 2 is 1.65 bits per heavy atom. The zero-order valence-corrected chi connectivity index (χ0v) is 14.9. The first-order valence-electron chi connectivity index (χ1n) is 8.02. The van der Waals surface area contributed by atoms with Crippen LogP contribution < -0.4 is 0 Å². The predicted molar refractivity (Wildman–Crippen MR) is 89.4 cm³/mol. The van der Waals surface area contributed by atoms with Gasteiger partial charge in [0.05, 0.1) is 5.92 Å². The molecule has 2 rings (SSSR count). The summed E-state index contributed by atoms with van der Waals surface area (Å²) in [5.74, 6) is -3.23. The van der Waals surface area contributed by atoms with E-state index in [9.17, 15) is 24.9 Å². The van der Waals surface area contributed by atoms with E-state index in [2.05, 4.69) is 0 Å². The molecule has 26 heavy (non-hydrogen) atoms. The van der Waals surface area contributed by atoms with Gasteiger partial charge < -0.3 is 29.9 Å². The summed E-state index contributed by atoms with van der Waals surface area (Å²) in [7, 11) is 0. The van der Waals surface area contributed by atoms with Gasteiger partial charge in [0.1, 0.15) is 18.3 Å². The van der Waals surface area contributed by atoms with Gasteiger partial charge in [-0.05, 0) is 23.6 Å². The van der Waals surface area contributed by atoms with Crippen molar-refractivity contribution in [1.29, 1.82) is 0 Å². The van der Waals surface area contributed by atoms with Crippen molar-refractivity contribution in [2.24, 2.45) is 5.92 Å². The lowest BCUT2D eigenvalue weighted by Gasteiger charge is -2.38. The van der Waals surface area contributed by atoms with E-state index >= 15 is 0 Å². The summed E-state index contributed by atoms with van der Waals surface area (Å²) in [6, 6.07) is 6.55. The molecule has 0 aromatic heterocycles. The molecule has 0 saturated carbocycles. The first-order chi connectivity index (χ1) is 12.1. The molecule has 0 radical (unpaired) electrons. The Balaban J connectivity index is 2.19. The molecule has 9 heteroatoms. The number of ether oxygens (including phenoxy) is 2. The highest BCUT2D eigenvalue weighted by Crippen LogP contribution is 2.30. The summed E-state index contributed by atoms with van der Waals surface area (Å²) >= 11 is 5.85. The Bertz CT molecular complexity index is 647. The largest absolute Gasteiger partial charge is 0.479 e. The number of hydrogen-bond donors (Lipinski definition) is 4. The number of carboxylic acids is 1. The maximum Gasteiger partial charge on any atom is 0.335 e. The number of aliphatic hydroxyl groups excluding tert-OH is 3. The van der Waals surface area contributed by atoms with E-state index in [-0.39, 0.29) is 5.92 Å². The number of esters is 1. The number of rotatable bonds is 5. The Kier molecular flexibility index (Phi) is 6.59. The van der Waals surface area contributed by atoms with Crippen molar-refractivity contribution in [3.63, 3.8) is 0 Å². The third-order valence-corrected chi connectivity index (χ3v) is 4.45. The van der Waals surface area contributed by atoms with Crippen LogP contribution in [-0.4, -0.2) is 63.1 Å². The van der Waals surface area contributed by atoms with Crippen molar-refractivity contribution in [1.82, 2.24) is 0 Å². The summed E-state index contributed by atoms with van der Waals surface area (Å²) in [4.78, 5) is 23.7. The molecule has 8 nitrogen and oxygen atoms in total. The highest BCUT2D eigenvalue weighted by atomic mass is 35.5. The average molecular weight is 389 g/mol. The third kappa shape index (κ3) is 4.33. The molecule has 4 N–H and O–H groups in total. The lowest BCUT2D eigenvalue weighted by atomic mass is 9.88. The smallest absolute Gasteiger partial charge is 0.335 e. The molecular weight excluding hydrogens is 368 g/mol. The van der Waals surface area contributed by atoms with Crippen LogP contribution in [0.3, 0.4) is 0 Å². The van der Waals surface area contributed by atoms with E-state index in [1.807, 2.05) is 0 Å². The molecule has 0 aliphatic carbocycles. The van der Waals surface area contributed by atoms with Crippen LogP contribution in [0.1, 0.15) is 25.3 Å². The van der Waals surface area contributed by atoms with Gasteiger partial charge in [0.2, 0.25) is 6.29 Å². The highest BCUT2D eigenvalue weighted by Gasteiger charge is 2.49. The van der Waals surface area contributed by atoms with Gasteiger partial charge in [-0.15, -0.1) is 0 Å². The van der Waals surface area contributed by atoms with Crippen LogP contribution in [0.25, 0.3) is 0 Å². The topological polar surface area (TPSA) is 134 Å². The summed E-state index contributed by atoms with van der Waals surface area (Å²) in [6.07, 6.45) is -9.04. The molecule has 1 saturated heterocycles. The number of carbonyl (C=O) groups is 2. The fourth-order valence-corrected chi connectivity index (χ4v) is 2.93. The summed E-state index contributed by atoms with van der Waals surface area (Å²) < 4.78 is 10.1. The van der Waals surface area contributed by atoms with E-state index in [1.165, 1.54) is 0 Å². The van der Waals surface area contributed by atoms with Gasteiger partial charge >= 0.3 is 11.9 Å². The molecule has 1 aromatic carbocycles. The van der Waals surface area contributed by atoms with Crippen LogP contribution in [-0.2, 0) is 19.1 Å². The fourth-order valence-electron chi connectivity index (χ4n) is 2.80. The average Bonchev–Trinajstić information content (AvgIpc) is 2.56. The fraction of sp³-hybridized carbons (Fsp3) is 0.529. The van der Waals surface area contributed by atoms with Crippen LogP contribution in [0, 0.1) is 5.92 Å². The quantitative estimate of drug-likeness (QED) is 0.536. The normalized spacial score (nSPS) is 30.0. The first kappa shape index (κ1) is 20.6. The number of aliphatic hydroxyl groups is 3. The summed E-state index contributed by atoms with van der Waals surface area (Å²) in [6.45, 7) is 3.58. The minimum absolute atomic E-state index is 0.185. The second-order valence-electron chi connectivity index (χ2n) is 6.45. The Morgan fingerprint density at radius 3 is 2.15 bits per heavy atom. The monoisotopic (exact) mass is 388 g/mol. The first-order valence-corrected chi connectivity index (χ1v) is 8.39. The van der Waals surface area contributed by atoms with Crippen LogP contribution in [0.2, 0.25) is 5.02 Å². The van der Waals surface area contributed by atoms with Gasteiger partial charge in [0, 0.05) is 5.02 Å². The molecule has 1 aliphatic heterocycles. The minimum atomic E-state index is -1.85. The number of aliphatic carboxylic acids is 1. The molecular formula is C17H21ClO8. The van der Waals surface area contributed by atoms with Gasteiger partial charge in [0.25, 0.3) is 0 Å². The molecule has 0 amide bonds. The van der Waals surface area contributed by atoms with Gasteiger partial charge in [-0.1, -0.05) is 37.6 Å². The Morgan fingerprint density at radius 1 is 1.08 bits per heavy atom. The van der Waals surface area contributed by atoms with Crippen LogP contribution in [0.15, 0.2) is 24.3 Å². The predicted octanol–water partition coefficient (Wildman–Crippen LogP) is 0.515. The number of hydrogen-bond acceptors (Lipinski definition) is 7. The highest BCUT2D eigenvalue weighted by molar-refractivity contribution is 6.30. The van der Waals surface area contributed by atoms with Crippen molar-refractivity contribution >= 4 is 23.5 Å². The molecule has 0 bridgehead atoms. The van der Waals surface area contributed by atoms with E-state index in [4.69, 9.17) is 26.2 Å². The lowest BCUT2D eigenvalue weighted by molar-refractivity contribution is -0.287. The zero-order chi connectivity index (χ0) is 19.6. The minimum Gasteiger partial charge on any atom is -0.479 e. The molecule has 1 heterocycles. The number of halogens is 1. The molecule has 1 unspecified atom stereocenters. The summed E-state index contributed by atoms with van der Waals surface area (Å²) in [5, 5.41) is 39.0. The maximum atomic E-state index is 12.6. The second kappa shape index (κ2) is 8.32. The van der Waals surface area contributed by atoms with E-state index in [0.717, 1.165) is 0 Å². The summed E-state index contributed by atoms with van der Waals surface area (Å²) in [5.41, 5.74) is 0.620. The van der Waals surface area contributed by atoms with Crippen molar-refractivity contribution < 1.29 is 39.5 Å². The van der Waals surface area contributed by atoms with Crippen LogP contribution in [0.5, 0.6) is 0 Å². The molecule has 6 atom stereocenters. The van der Waals surface area contributed by atoms with Crippen molar-refractivity contribution in [2.75, 3.05) is 0 Å². The van der Waals surface area contributed by atoms with Gasteiger partial charge in [0.15, 0.2) is 6.10 Å². The van der Waals surface area contributed by atoms with E-state index in [1.54, 1.807) is 38.1 Å². The standard InChI is InChI=1S/C17H21ClO8/c1-7(2)10(8-3-5-9(18)6-4-8)16(24)26-17-13(21)11(19)12(20)14(25-17)15(22)23/h3-7,10-14,17,19-21H,1-2H3,(H,22,23)/t10?,11-,12-,13+,14-,17-/m0/s1. The van der Waals surface area contributed by atoms with Crippen molar-refractivity contribution in [3.05, 3.63) is 34.9 Å². The number of carbonyl (C=O) groups excluding carboxylic acids is 1. The third-order valence-electron chi connectivity index (χ3n) is 4.20. The van der Waals surface area contributed by atoms with Gasteiger partial charge in [-0.3, -0.25) is 4.79 Å². The maximum absolute atomic E-state index is 12.6. The van der Waals surface area contributed by atoms with Crippen molar-refractivity contribution in [2.45, 2.75) is 50.5 Å². The number of carboxylic acid groups (broad SMARTS) is 1. The van der Waals surface area contributed by atoms with Crippen molar-refractivity contribution in [3.8, 4) is 0 Å². The van der Waals surface area contributed by atoms with Gasteiger partial charge in [-0.2, -0.15) is 0 Å². The Hall–Kier alpha value is -1.71.